The third kappa shape index (κ3) is 5.38. The fourth-order valence-electron chi connectivity index (χ4n) is 2.85. The van der Waals surface area contributed by atoms with E-state index in [1.807, 2.05) is 10.9 Å². The summed E-state index contributed by atoms with van der Waals surface area (Å²) in [6.45, 7) is 2.43. The lowest BCUT2D eigenvalue weighted by molar-refractivity contribution is 0.0662. The van der Waals surface area contributed by atoms with E-state index in [0.717, 1.165) is 31.7 Å². The molecular weight excluding hydrogens is 366 g/mol. The van der Waals surface area contributed by atoms with E-state index in [9.17, 15) is 4.79 Å². The van der Waals surface area contributed by atoms with Crippen molar-refractivity contribution in [2.24, 2.45) is 5.73 Å². The quantitative estimate of drug-likeness (QED) is 0.419. The van der Waals surface area contributed by atoms with E-state index in [1.165, 1.54) is 6.20 Å². The van der Waals surface area contributed by atoms with Gasteiger partial charge in [0.15, 0.2) is 0 Å². The standard InChI is InChI=1S/C17H25N7O4/c18-15(26)14-10-20-17(23-16(14)19-3-7-28-8-4-25)22-12-9-21-24(11-12)13-1-5-27-6-2-13/h9-11,13,25H,1-8H2,(H2,18,26)(H2,19,20,22,23). The van der Waals surface area contributed by atoms with Gasteiger partial charge in [-0.1, -0.05) is 0 Å². The Labute approximate surface area is 162 Å². The number of hydrogen-bond acceptors (Lipinski definition) is 9. The van der Waals surface area contributed by atoms with Crippen LogP contribution in [0.25, 0.3) is 0 Å². The van der Waals surface area contributed by atoms with Crippen LogP contribution in [0.1, 0.15) is 29.2 Å². The molecule has 0 aliphatic carbocycles. The number of aromatic nitrogens is 4. The van der Waals surface area contributed by atoms with Gasteiger partial charge in [-0.3, -0.25) is 9.48 Å². The third-order valence-electron chi connectivity index (χ3n) is 4.25. The largest absolute Gasteiger partial charge is 0.394 e. The third-order valence-corrected chi connectivity index (χ3v) is 4.25. The molecule has 1 aliphatic rings. The van der Waals surface area contributed by atoms with Gasteiger partial charge < -0.3 is 30.9 Å². The lowest BCUT2D eigenvalue weighted by Gasteiger charge is -2.22. The molecule has 1 amide bonds. The Hall–Kier alpha value is -2.76. The molecule has 0 saturated carbocycles. The number of rotatable bonds is 10. The molecule has 11 heteroatoms. The Morgan fingerprint density at radius 1 is 1.36 bits per heavy atom. The smallest absolute Gasteiger partial charge is 0.254 e. The molecule has 3 rings (SSSR count). The summed E-state index contributed by atoms with van der Waals surface area (Å²) in [5, 5.41) is 19.2. The van der Waals surface area contributed by atoms with Gasteiger partial charge in [0, 0.05) is 32.2 Å². The highest BCUT2D eigenvalue weighted by atomic mass is 16.5. The van der Waals surface area contributed by atoms with Crippen LogP contribution in [0.2, 0.25) is 0 Å². The number of carbonyl (C=O) groups excluding carboxylic acids is 1. The lowest BCUT2D eigenvalue weighted by Crippen LogP contribution is -2.19. The van der Waals surface area contributed by atoms with Crippen molar-refractivity contribution in [3.8, 4) is 0 Å². The molecular formula is C17H25N7O4. The first-order valence-electron chi connectivity index (χ1n) is 9.15. The van der Waals surface area contributed by atoms with Crippen LogP contribution >= 0.6 is 0 Å². The molecule has 0 radical (unpaired) electrons. The van der Waals surface area contributed by atoms with Gasteiger partial charge in [0.2, 0.25) is 5.95 Å². The van der Waals surface area contributed by atoms with E-state index in [0.29, 0.717) is 31.0 Å². The van der Waals surface area contributed by atoms with Gasteiger partial charge in [0.25, 0.3) is 5.91 Å². The number of nitrogens with zero attached hydrogens (tertiary/aromatic N) is 4. The van der Waals surface area contributed by atoms with Crippen molar-refractivity contribution in [1.29, 1.82) is 0 Å². The molecule has 1 fully saturated rings. The molecule has 152 valence electrons. The van der Waals surface area contributed by atoms with Crippen LogP contribution in [0.15, 0.2) is 18.6 Å². The van der Waals surface area contributed by atoms with E-state index >= 15 is 0 Å². The number of primary amides is 1. The summed E-state index contributed by atoms with van der Waals surface area (Å²) < 4.78 is 12.5. The Kier molecular flexibility index (Phi) is 7.12. The minimum Gasteiger partial charge on any atom is -0.394 e. The Balaban J connectivity index is 1.65. The SMILES string of the molecule is NC(=O)c1cnc(Nc2cnn(C3CCOCC3)c2)nc1NCCOCCO. The van der Waals surface area contributed by atoms with Crippen molar-refractivity contribution in [3.63, 3.8) is 0 Å². The number of anilines is 3. The Morgan fingerprint density at radius 2 is 2.18 bits per heavy atom. The van der Waals surface area contributed by atoms with Gasteiger partial charge in [-0.2, -0.15) is 10.1 Å². The minimum absolute atomic E-state index is 0.0460. The zero-order valence-corrected chi connectivity index (χ0v) is 15.5. The lowest BCUT2D eigenvalue weighted by atomic mass is 10.1. The molecule has 5 N–H and O–H groups in total. The number of aliphatic hydroxyl groups is 1. The minimum atomic E-state index is -0.627. The number of ether oxygens (including phenoxy) is 2. The summed E-state index contributed by atoms with van der Waals surface area (Å²) in [4.78, 5) is 20.1. The predicted molar refractivity (Wildman–Crippen MR) is 102 cm³/mol. The van der Waals surface area contributed by atoms with Gasteiger partial charge in [-0.05, 0) is 12.8 Å². The van der Waals surface area contributed by atoms with E-state index < -0.39 is 5.91 Å². The van der Waals surface area contributed by atoms with Crippen molar-refractivity contribution >= 4 is 23.4 Å². The average Bonchev–Trinajstić information content (AvgIpc) is 3.17. The summed E-state index contributed by atoms with van der Waals surface area (Å²) in [6, 6.07) is 0.318. The first-order valence-corrected chi connectivity index (χ1v) is 9.15. The van der Waals surface area contributed by atoms with E-state index in [-0.39, 0.29) is 18.8 Å². The molecule has 0 spiro atoms. The molecule has 2 aromatic heterocycles. The van der Waals surface area contributed by atoms with Gasteiger partial charge in [0.1, 0.15) is 5.82 Å². The van der Waals surface area contributed by atoms with Crippen LogP contribution < -0.4 is 16.4 Å². The van der Waals surface area contributed by atoms with Crippen LogP contribution in [0, 0.1) is 0 Å². The number of amides is 1. The molecule has 0 aromatic carbocycles. The summed E-state index contributed by atoms with van der Waals surface area (Å²) in [7, 11) is 0. The number of carbonyl (C=O) groups is 1. The van der Waals surface area contributed by atoms with Crippen LogP contribution in [0.3, 0.4) is 0 Å². The van der Waals surface area contributed by atoms with Crippen molar-refractivity contribution in [1.82, 2.24) is 19.7 Å². The normalized spacial score (nSPS) is 14.8. The number of nitrogens with two attached hydrogens (primary N) is 1. The number of nitrogens with one attached hydrogen (secondary N) is 2. The molecule has 1 aliphatic heterocycles. The molecule has 0 atom stereocenters. The van der Waals surface area contributed by atoms with Crippen molar-refractivity contribution in [3.05, 3.63) is 24.2 Å². The maximum Gasteiger partial charge on any atom is 0.254 e. The predicted octanol–water partition coefficient (Wildman–Crippen LogP) is 0.288. The van der Waals surface area contributed by atoms with E-state index in [1.54, 1.807) is 6.20 Å². The highest BCUT2D eigenvalue weighted by molar-refractivity contribution is 5.97. The number of aliphatic hydroxyl groups excluding tert-OH is 1. The summed E-state index contributed by atoms with van der Waals surface area (Å²) in [5.41, 5.74) is 6.32. The van der Waals surface area contributed by atoms with Crippen LogP contribution in [0.5, 0.6) is 0 Å². The van der Waals surface area contributed by atoms with Gasteiger partial charge in [-0.25, -0.2) is 4.98 Å². The first-order chi connectivity index (χ1) is 13.7. The van der Waals surface area contributed by atoms with E-state index in [2.05, 4.69) is 25.7 Å². The zero-order valence-electron chi connectivity index (χ0n) is 15.5. The van der Waals surface area contributed by atoms with Gasteiger partial charge in [0.05, 0.1) is 43.3 Å². The van der Waals surface area contributed by atoms with Crippen molar-refractivity contribution in [2.45, 2.75) is 18.9 Å². The van der Waals surface area contributed by atoms with Crippen LogP contribution in [-0.4, -0.2) is 70.3 Å². The van der Waals surface area contributed by atoms with Crippen LogP contribution in [-0.2, 0) is 9.47 Å². The second-order valence-corrected chi connectivity index (χ2v) is 6.26. The molecule has 3 heterocycles. The Bertz CT molecular complexity index is 777. The molecule has 2 aromatic rings. The van der Waals surface area contributed by atoms with Crippen molar-refractivity contribution in [2.75, 3.05) is 50.2 Å². The summed E-state index contributed by atoms with van der Waals surface area (Å²) in [6.07, 6.45) is 6.83. The molecule has 11 nitrogen and oxygen atoms in total. The fraction of sp³-hybridized carbons (Fsp3) is 0.529. The van der Waals surface area contributed by atoms with Gasteiger partial charge in [-0.15, -0.1) is 0 Å². The number of hydrogen-bond donors (Lipinski definition) is 4. The van der Waals surface area contributed by atoms with E-state index in [4.69, 9.17) is 20.3 Å². The summed E-state index contributed by atoms with van der Waals surface area (Å²) >= 11 is 0. The second-order valence-electron chi connectivity index (χ2n) is 6.26. The van der Waals surface area contributed by atoms with Crippen LogP contribution in [0.4, 0.5) is 17.5 Å². The van der Waals surface area contributed by atoms with Crippen molar-refractivity contribution < 1.29 is 19.4 Å². The average molecular weight is 391 g/mol. The topological polar surface area (TPSA) is 149 Å². The highest BCUT2D eigenvalue weighted by Crippen LogP contribution is 2.23. The summed E-state index contributed by atoms with van der Waals surface area (Å²) in [5.74, 6) is 0.00221. The first kappa shape index (κ1) is 20.0. The fourth-order valence-corrected chi connectivity index (χ4v) is 2.85. The second kappa shape index (κ2) is 9.97. The monoisotopic (exact) mass is 391 g/mol. The van der Waals surface area contributed by atoms with Gasteiger partial charge >= 0.3 is 0 Å². The molecule has 28 heavy (non-hydrogen) atoms. The molecule has 0 bridgehead atoms. The highest BCUT2D eigenvalue weighted by Gasteiger charge is 2.17. The maximum atomic E-state index is 11.6. The Morgan fingerprint density at radius 3 is 2.93 bits per heavy atom. The maximum absolute atomic E-state index is 11.6. The molecule has 1 saturated heterocycles. The zero-order chi connectivity index (χ0) is 19.8. The molecule has 0 unspecified atom stereocenters.